The van der Waals surface area contributed by atoms with Gasteiger partial charge in [-0.1, -0.05) is 25.2 Å². The van der Waals surface area contributed by atoms with Crippen LogP contribution in [0.3, 0.4) is 0 Å². The van der Waals surface area contributed by atoms with Crippen LogP contribution in [-0.2, 0) is 21.1 Å². The predicted molar refractivity (Wildman–Crippen MR) is 57.8 cm³/mol. The van der Waals surface area contributed by atoms with E-state index in [2.05, 4.69) is 5.09 Å². The van der Waals surface area contributed by atoms with Gasteiger partial charge in [-0.2, -0.15) is 0 Å². The van der Waals surface area contributed by atoms with E-state index in [1.807, 2.05) is 20.8 Å². The summed E-state index contributed by atoms with van der Waals surface area (Å²) in [5, 5.41) is 2.95. The Morgan fingerprint density at radius 1 is 1.75 bits per heavy atom. The molecule has 0 aromatic carbocycles. The Hall–Kier alpha value is 0.430. The third-order valence-corrected chi connectivity index (χ3v) is 6.72. The fourth-order valence-electron chi connectivity index (χ4n) is 0.610. The second-order valence-electron chi connectivity index (χ2n) is 2.32. The van der Waals surface area contributed by atoms with Crippen molar-refractivity contribution in [3.8, 4) is 0 Å². The first-order valence-electron chi connectivity index (χ1n) is 3.68. The van der Waals surface area contributed by atoms with Crippen molar-refractivity contribution in [3.05, 3.63) is 0 Å². The van der Waals surface area contributed by atoms with Crippen LogP contribution in [0.2, 0.25) is 0 Å². The topological polar surface area (TPSA) is 38.3 Å². The zero-order valence-corrected chi connectivity index (χ0v) is 9.97. The summed E-state index contributed by atoms with van der Waals surface area (Å²) in [6.07, 6.45) is 0.617. The smallest absolute Gasteiger partial charge is 0.213 e. The largest absolute Gasteiger partial charge is 0.327 e. The molecule has 0 saturated carbocycles. The minimum Gasteiger partial charge on any atom is -0.327 e. The van der Waals surface area contributed by atoms with Gasteiger partial charge in [-0.05, 0) is 18.7 Å². The first-order chi connectivity index (χ1) is 5.54. The molecule has 1 atom stereocenters. The van der Waals surface area contributed by atoms with Crippen LogP contribution in [0.1, 0.15) is 20.8 Å². The third-order valence-electron chi connectivity index (χ3n) is 0.859. The SMILES string of the molecule is CCOP(=S)(NC=O)SC(C)C. The summed E-state index contributed by atoms with van der Waals surface area (Å²) in [7, 11) is 0. The summed E-state index contributed by atoms with van der Waals surface area (Å²) in [6.45, 7) is 6.46. The van der Waals surface area contributed by atoms with Crippen LogP contribution in [0.4, 0.5) is 0 Å². The van der Waals surface area contributed by atoms with Crippen LogP contribution in [0, 0.1) is 0 Å². The van der Waals surface area contributed by atoms with Crippen LogP contribution in [0.15, 0.2) is 0 Å². The molecule has 1 unspecified atom stereocenters. The van der Waals surface area contributed by atoms with Crippen molar-refractivity contribution < 1.29 is 9.32 Å². The van der Waals surface area contributed by atoms with Gasteiger partial charge >= 0.3 is 0 Å². The van der Waals surface area contributed by atoms with Crippen molar-refractivity contribution in [3.63, 3.8) is 0 Å². The molecule has 0 fully saturated rings. The van der Waals surface area contributed by atoms with Gasteiger partial charge in [-0.15, -0.1) is 0 Å². The molecule has 0 bridgehead atoms. The standard InChI is InChI=1S/C6H14NO2PS2/c1-4-9-10(11,7-5-8)12-6(2)3/h5-6H,4H2,1-3H3,(H,7,8,11). The van der Waals surface area contributed by atoms with Crippen molar-refractivity contribution in [1.82, 2.24) is 5.09 Å². The van der Waals surface area contributed by atoms with E-state index in [4.69, 9.17) is 16.3 Å². The Balaban J connectivity index is 4.17. The highest BCUT2D eigenvalue weighted by atomic mass is 32.9. The molecule has 0 aliphatic carbocycles. The summed E-state index contributed by atoms with van der Waals surface area (Å²) in [4.78, 5) is 10.2. The van der Waals surface area contributed by atoms with Crippen LogP contribution >= 0.6 is 17.0 Å². The van der Waals surface area contributed by atoms with Crippen LogP contribution < -0.4 is 5.09 Å². The number of carbonyl (C=O) groups excluding carboxylic acids is 1. The molecule has 0 aromatic rings. The average molecular weight is 227 g/mol. The van der Waals surface area contributed by atoms with E-state index >= 15 is 0 Å². The van der Waals surface area contributed by atoms with Gasteiger partial charge in [0, 0.05) is 5.25 Å². The van der Waals surface area contributed by atoms with Crippen LogP contribution in [0.5, 0.6) is 0 Å². The lowest BCUT2D eigenvalue weighted by Gasteiger charge is -2.20. The average Bonchev–Trinajstić information content (AvgIpc) is 1.85. The Bertz CT molecular complexity index is 186. The van der Waals surface area contributed by atoms with Crippen LogP contribution in [0.25, 0.3) is 0 Å². The Labute approximate surface area is 82.5 Å². The quantitative estimate of drug-likeness (QED) is 0.557. The molecule has 0 spiro atoms. The van der Waals surface area contributed by atoms with Gasteiger partial charge in [0.1, 0.15) is 0 Å². The van der Waals surface area contributed by atoms with Gasteiger partial charge in [-0.3, -0.25) is 4.79 Å². The van der Waals surface area contributed by atoms with E-state index in [-0.39, 0.29) is 0 Å². The zero-order valence-electron chi connectivity index (χ0n) is 7.44. The fourth-order valence-corrected chi connectivity index (χ4v) is 6.30. The fraction of sp³-hybridized carbons (Fsp3) is 0.833. The van der Waals surface area contributed by atoms with E-state index in [1.165, 1.54) is 11.4 Å². The number of nitrogens with one attached hydrogen (secondary N) is 1. The van der Waals surface area contributed by atoms with Crippen molar-refractivity contribution in [2.75, 3.05) is 6.61 Å². The lowest BCUT2D eigenvalue weighted by atomic mass is 10.6. The summed E-state index contributed by atoms with van der Waals surface area (Å²) >= 11 is 6.70. The van der Waals surface area contributed by atoms with Gasteiger partial charge in [0.15, 0.2) is 0 Å². The van der Waals surface area contributed by atoms with Gasteiger partial charge < -0.3 is 9.61 Å². The van der Waals surface area contributed by atoms with Gasteiger partial charge in [0.2, 0.25) is 12.0 Å². The summed E-state index contributed by atoms with van der Waals surface area (Å²) in [6, 6.07) is 0. The second kappa shape index (κ2) is 5.97. The molecule has 0 rings (SSSR count). The maximum atomic E-state index is 10.2. The summed E-state index contributed by atoms with van der Waals surface area (Å²) in [5.74, 6) is 0. The Morgan fingerprint density at radius 2 is 2.33 bits per heavy atom. The molecule has 0 saturated heterocycles. The number of hydrogen-bond acceptors (Lipinski definition) is 4. The number of carbonyl (C=O) groups is 1. The molecule has 1 amide bonds. The maximum absolute atomic E-state index is 10.2. The molecule has 12 heavy (non-hydrogen) atoms. The monoisotopic (exact) mass is 227 g/mol. The number of hydrogen-bond donors (Lipinski definition) is 1. The van der Waals surface area contributed by atoms with Gasteiger partial charge in [0.05, 0.1) is 6.61 Å². The van der Waals surface area contributed by atoms with Crippen molar-refractivity contribution >= 4 is 35.2 Å². The van der Waals surface area contributed by atoms with Crippen LogP contribution in [-0.4, -0.2) is 18.3 Å². The van der Waals surface area contributed by atoms with E-state index in [9.17, 15) is 4.79 Å². The summed E-state index contributed by atoms with van der Waals surface area (Å²) < 4.78 is 5.33. The zero-order chi connectivity index (χ0) is 9.61. The van der Waals surface area contributed by atoms with E-state index in [0.717, 1.165) is 0 Å². The second-order valence-corrected chi connectivity index (χ2v) is 9.39. The Morgan fingerprint density at radius 3 is 2.67 bits per heavy atom. The Kier molecular flexibility index (Phi) is 6.19. The van der Waals surface area contributed by atoms with E-state index in [1.54, 1.807) is 0 Å². The molecule has 0 heterocycles. The van der Waals surface area contributed by atoms with Crippen molar-refractivity contribution in [1.29, 1.82) is 0 Å². The van der Waals surface area contributed by atoms with Gasteiger partial charge in [-0.25, -0.2) is 0 Å². The first-order valence-corrected chi connectivity index (χ1v) is 7.89. The molecule has 6 heteroatoms. The number of rotatable bonds is 6. The maximum Gasteiger partial charge on any atom is 0.213 e. The molecular weight excluding hydrogens is 213 g/mol. The van der Waals surface area contributed by atoms with Gasteiger partial charge in [0.25, 0.3) is 0 Å². The normalized spacial score (nSPS) is 15.7. The predicted octanol–water partition coefficient (Wildman–Crippen LogP) is 2.13. The molecule has 0 aliphatic heterocycles. The molecule has 0 aromatic heterocycles. The van der Waals surface area contributed by atoms with Crippen molar-refractivity contribution in [2.45, 2.75) is 26.0 Å². The third kappa shape index (κ3) is 5.14. The molecule has 0 aliphatic rings. The number of amides is 1. The summed E-state index contributed by atoms with van der Waals surface area (Å²) in [5.41, 5.74) is -2.14. The minimum absolute atomic E-state index is 0.370. The minimum atomic E-state index is -2.14. The lowest BCUT2D eigenvalue weighted by molar-refractivity contribution is -0.108. The molecule has 3 nitrogen and oxygen atoms in total. The molecule has 1 N–H and O–H groups in total. The lowest BCUT2D eigenvalue weighted by Crippen LogP contribution is -2.08. The highest BCUT2D eigenvalue weighted by Gasteiger charge is 2.18. The van der Waals surface area contributed by atoms with Crippen molar-refractivity contribution in [2.24, 2.45) is 0 Å². The molecule has 0 radical (unpaired) electrons. The molecule has 72 valence electrons. The van der Waals surface area contributed by atoms with E-state index < -0.39 is 5.62 Å². The highest BCUT2D eigenvalue weighted by Crippen LogP contribution is 2.57. The van der Waals surface area contributed by atoms with E-state index in [0.29, 0.717) is 18.3 Å². The first kappa shape index (κ1) is 12.4. The highest BCUT2D eigenvalue weighted by molar-refractivity contribution is 8.69. The molecular formula is C6H14NO2PS2.